The van der Waals surface area contributed by atoms with Crippen molar-refractivity contribution in [3.8, 4) is 11.5 Å². The highest BCUT2D eigenvalue weighted by Crippen LogP contribution is 2.27. The molecule has 1 aromatic carbocycles. The molecule has 0 radical (unpaired) electrons. The van der Waals surface area contributed by atoms with Gasteiger partial charge in [0.15, 0.2) is 0 Å². The van der Waals surface area contributed by atoms with Crippen LogP contribution < -0.4 is 4.74 Å². The first-order chi connectivity index (χ1) is 9.66. The molecule has 0 fully saturated rings. The molecule has 0 aliphatic carbocycles. The molecule has 1 rings (SSSR count). The fraction of sp³-hybridized carbons (Fsp3) is 0.467. The largest absolute Gasteiger partial charge is 0.507 e. The molecule has 0 atom stereocenters. The lowest BCUT2D eigenvalue weighted by Gasteiger charge is -2.35. The zero-order valence-electron chi connectivity index (χ0n) is 12.7. The molecular weight excluding hydrogens is 274 g/mol. The predicted octanol–water partition coefficient (Wildman–Crippen LogP) is 2.12. The summed E-state index contributed by atoms with van der Waals surface area (Å²) in [5.74, 6) is -1.14. The van der Waals surface area contributed by atoms with Crippen molar-refractivity contribution in [2.75, 3.05) is 13.7 Å². The van der Waals surface area contributed by atoms with Gasteiger partial charge in [0.05, 0.1) is 19.1 Å². The van der Waals surface area contributed by atoms with Crippen molar-refractivity contribution in [1.29, 1.82) is 0 Å². The third kappa shape index (κ3) is 4.37. The molecule has 6 heteroatoms. The van der Waals surface area contributed by atoms with Crippen LogP contribution in [0.15, 0.2) is 18.2 Å². The molecule has 0 saturated heterocycles. The summed E-state index contributed by atoms with van der Waals surface area (Å²) >= 11 is 0. The monoisotopic (exact) mass is 295 g/mol. The average Bonchev–Trinajstić information content (AvgIpc) is 2.36. The second kappa shape index (κ2) is 6.47. The van der Waals surface area contributed by atoms with E-state index in [9.17, 15) is 14.7 Å². The summed E-state index contributed by atoms with van der Waals surface area (Å²) in [5.41, 5.74) is -0.435. The van der Waals surface area contributed by atoms with E-state index < -0.39 is 17.4 Å². The van der Waals surface area contributed by atoms with Crippen molar-refractivity contribution in [2.45, 2.75) is 32.7 Å². The summed E-state index contributed by atoms with van der Waals surface area (Å²) < 4.78 is 4.97. The summed E-state index contributed by atoms with van der Waals surface area (Å²) in [7, 11) is 1.46. The van der Waals surface area contributed by atoms with Crippen molar-refractivity contribution >= 4 is 11.9 Å². The minimum atomic E-state index is -0.976. The number of hydrogen-bond acceptors (Lipinski definition) is 4. The van der Waals surface area contributed by atoms with Gasteiger partial charge in [-0.25, -0.2) is 0 Å². The standard InChI is InChI=1S/C15H21NO5/c1-15(2,3)16(8-7-13(18)19)14(20)11-6-5-10(21-4)9-12(11)17/h5-6,9,17H,7-8H2,1-4H3,(H,18,19). The van der Waals surface area contributed by atoms with Crippen LogP contribution in [0.2, 0.25) is 0 Å². The van der Waals surface area contributed by atoms with Gasteiger partial charge in [0.2, 0.25) is 0 Å². The number of carboxylic acid groups (broad SMARTS) is 1. The van der Waals surface area contributed by atoms with Crippen molar-refractivity contribution < 1.29 is 24.5 Å². The molecule has 0 saturated carbocycles. The Kier molecular flexibility index (Phi) is 5.18. The highest BCUT2D eigenvalue weighted by atomic mass is 16.5. The molecule has 116 valence electrons. The van der Waals surface area contributed by atoms with E-state index in [0.29, 0.717) is 5.75 Å². The van der Waals surface area contributed by atoms with Gasteiger partial charge in [-0.2, -0.15) is 0 Å². The molecular formula is C15H21NO5. The number of carbonyl (C=O) groups excluding carboxylic acids is 1. The number of rotatable bonds is 5. The number of amides is 1. The zero-order chi connectivity index (χ0) is 16.2. The van der Waals surface area contributed by atoms with E-state index in [-0.39, 0.29) is 24.3 Å². The van der Waals surface area contributed by atoms with Crippen LogP contribution >= 0.6 is 0 Å². The minimum absolute atomic E-state index is 0.0726. The van der Waals surface area contributed by atoms with Crippen LogP contribution in [0.25, 0.3) is 0 Å². The number of carbonyl (C=O) groups is 2. The minimum Gasteiger partial charge on any atom is -0.507 e. The first-order valence-corrected chi connectivity index (χ1v) is 6.57. The van der Waals surface area contributed by atoms with E-state index in [1.807, 2.05) is 20.8 Å². The molecule has 1 aromatic rings. The van der Waals surface area contributed by atoms with Gasteiger partial charge in [-0.3, -0.25) is 9.59 Å². The van der Waals surface area contributed by atoms with Crippen molar-refractivity contribution in [2.24, 2.45) is 0 Å². The summed E-state index contributed by atoms with van der Waals surface area (Å²) in [6, 6.07) is 4.40. The van der Waals surface area contributed by atoms with Crippen LogP contribution in [0.5, 0.6) is 11.5 Å². The highest BCUT2D eigenvalue weighted by Gasteiger charge is 2.29. The molecule has 6 nitrogen and oxygen atoms in total. The smallest absolute Gasteiger partial charge is 0.305 e. The molecule has 0 aromatic heterocycles. The van der Waals surface area contributed by atoms with Gasteiger partial charge in [-0.15, -0.1) is 0 Å². The Hall–Kier alpha value is -2.24. The normalized spacial score (nSPS) is 11.0. The maximum Gasteiger partial charge on any atom is 0.305 e. The van der Waals surface area contributed by atoms with E-state index in [4.69, 9.17) is 9.84 Å². The average molecular weight is 295 g/mol. The number of nitrogens with zero attached hydrogens (tertiary/aromatic N) is 1. The number of aliphatic carboxylic acids is 1. The summed E-state index contributed by atoms with van der Waals surface area (Å²) in [4.78, 5) is 24.7. The van der Waals surface area contributed by atoms with Gasteiger partial charge in [0.25, 0.3) is 5.91 Å². The highest BCUT2D eigenvalue weighted by molar-refractivity contribution is 5.97. The Morgan fingerprint density at radius 2 is 1.90 bits per heavy atom. The van der Waals surface area contributed by atoms with Crippen LogP contribution in [0, 0.1) is 0 Å². The van der Waals surface area contributed by atoms with Gasteiger partial charge in [0.1, 0.15) is 11.5 Å². The lowest BCUT2D eigenvalue weighted by molar-refractivity contribution is -0.137. The van der Waals surface area contributed by atoms with Crippen molar-refractivity contribution in [1.82, 2.24) is 4.90 Å². The molecule has 0 spiro atoms. The maximum absolute atomic E-state index is 12.6. The number of phenols is 1. The van der Waals surface area contributed by atoms with E-state index in [2.05, 4.69) is 0 Å². The third-order valence-electron chi connectivity index (χ3n) is 3.04. The molecule has 1 amide bonds. The molecule has 2 N–H and O–H groups in total. The first kappa shape index (κ1) is 16.8. The fourth-order valence-corrected chi connectivity index (χ4v) is 1.91. The number of phenolic OH excluding ortho intramolecular Hbond substituents is 1. The summed E-state index contributed by atoms with van der Waals surface area (Å²) in [5, 5.41) is 18.7. The second-order valence-electron chi connectivity index (χ2n) is 5.65. The van der Waals surface area contributed by atoms with E-state index >= 15 is 0 Å². The SMILES string of the molecule is COc1ccc(C(=O)N(CCC(=O)O)C(C)(C)C)c(O)c1. The maximum atomic E-state index is 12.6. The van der Waals surface area contributed by atoms with Crippen molar-refractivity contribution in [3.63, 3.8) is 0 Å². The number of ether oxygens (including phenoxy) is 1. The molecule has 0 heterocycles. The van der Waals surface area contributed by atoms with E-state index in [1.54, 1.807) is 6.07 Å². The number of benzene rings is 1. The topological polar surface area (TPSA) is 87.1 Å². The molecule has 0 unspecified atom stereocenters. The van der Waals surface area contributed by atoms with Gasteiger partial charge in [-0.05, 0) is 32.9 Å². The Bertz CT molecular complexity index is 533. The first-order valence-electron chi connectivity index (χ1n) is 6.57. The van der Waals surface area contributed by atoms with Crippen LogP contribution in [-0.2, 0) is 4.79 Å². The van der Waals surface area contributed by atoms with Gasteiger partial charge >= 0.3 is 5.97 Å². The number of aromatic hydroxyl groups is 1. The Labute approximate surface area is 124 Å². The molecule has 0 aliphatic heterocycles. The van der Waals surface area contributed by atoms with Gasteiger partial charge in [0, 0.05) is 18.2 Å². The van der Waals surface area contributed by atoms with Crippen LogP contribution in [0.4, 0.5) is 0 Å². The quantitative estimate of drug-likeness (QED) is 0.868. The summed E-state index contributed by atoms with van der Waals surface area (Å²) in [6.45, 7) is 5.51. The Balaban J connectivity index is 3.08. The van der Waals surface area contributed by atoms with E-state index in [1.165, 1.54) is 24.1 Å². The lowest BCUT2D eigenvalue weighted by Crippen LogP contribution is -2.46. The Morgan fingerprint density at radius 3 is 2.33 bits per heavy atom. The second-order valence-corrected chi connectivity index (χ2v) is 5.65. The summed E-state index contributed by atoms with van der Waals surface area (Å²) in [6.07, 6.45) is -0.153. The molecule has 21 heavy (non-hydrogen) atoms. The molecule has 0 bridgehead atoms. The fourth-order valence-electron chi connectivity index (χ4n) is 1.91. The third-order valence-corrected chi connectivity index (χ3v) is 3.04. The number of hydrogen-bond donors (Lipinski definition) is 2. The van der Waals surface area contributed by atoms with Crippen molar-refractivity contribution in [3.05, 3.63) is 23.8 Å². The van der Waals surface area contributed by atoms with Crippen LogP contribution in [0.1, 0.15) is 37.6 Å². The van der Waals surface area contributed by atoms with Crippen LogP contribution in [0.3, 0.4) is 0 Å². The van der Waals surface area contributed by atoms with Gasteiger partial charge < -0.3 is 19.8 Å². The van der Waals surface area contributed by atoms with Crippen LogP contribution in [-0.4, -0.2) is 46.2 Å². The number of carboxylic acids is 1. The molecule has 0 aliphatic rings. The Morgan fingerprint density at radius 1 is 1.29 bits per heavy atom. The number of methoxy groups -OCH3 is 1. The lowest BCUT2D eigenvalue weighted by atomic mass is 10.0. The predicted molar refractivity (Wildman–Crippen MR) is 77.7 cm³/mol. The van der Waals surface area contributed by atoms with E-state index in [0.717, 1.165) is 0 Å². The zero-order valence-corrected chi connectivity index (χ0v) is 12.7. The van der Waals surface area contributed by atoms with Gasteiger partial charge in [-0.1, -0.05) is 0 Å².